The number of hydrogen-bond donors (Lipinski definition) is 0. The molecule has 0 atom stereocenters. The van der Waals surface area contributed by atoms with Crippen LogP contribution in [-0.4, -0.2) is 19.5 Å². The zero-order valence-corrected chi connectivity index (χ0v) is 13.7. The van der Waals surface area contributed by atoms with Gasteiger partial charge in [-0.1, -0.05) is 18.7 Å². The van der Waals surface area contributed by atoms with Crippen LogP contribution >= 0.6 is 0 Å². The molecule has 4 heteroatoms. The summed E-state index contributed by atoms with van der Waals surface area (Å²) in [7, 11) is 1.61. The Balaban J connectivity index is 1.81. The Labute approximate surface area is 141 Å². The minimum Gasteiger partial charge on any atom is -0.497 e. The Morgan fingerprint density at radius 2 is 1.88 bits per heavy atom. The number of methoxy groups -OCH3 is 1. The van der Waals surface area contributed by atoms with Crippen LogP contribution in [0.15, 0.2) is 60.4 Å². The summed E-state index contributed by atoms with van der Waals surface area (Å²) in [5.41, 5.74) is 2.33. The van der Waals surface area contributed by atoms with Crippen LogP contribution < -0.4 is 14.2 Å². The van der Waals surface area contributed by atoms with Gasteiger partial charge in [-0.15, -0.1) is 0 Å². The third kappa shape index (κ3) is 3.33. The van der Waals surface area contributed by atoms with Crippen LogP contribution in [0, 0.1) is 0 Å². The van der Waals surface area contributed by atoms with E-state index in [4.69, 9.17) is 14.2 Å². The fraction of sp³-hybridized carbons (Fsp3) is 0.150. The predicted molar refractivity (Wildman–Crippen MR) is 92.7 cm³/mol. The molecule has 0 unspecified atom stereocenters. The van der Waals surface area contributed by atoms with Crippen molar-refractivity contribution in [1.29, 1.82) is 0 Å². The molecule has 0 aromatic heterocycles. The van der Waals surface area contributed by atoms with E-state index in [2.05, 4.69) is 6.58 Å². The normalized spacial score (nSPS) is 14.2. The topological polar surface area (TPSA) is 44.8 Å². The van der Waals surface area contributed by atoms with Crippen LogP contribution in [0.2, 0.25) is 0 Å². The Morgan fingerprint density at radius 3 is 2.54 bits per heavy atom. The number of ether oxygens (including phenoxy) is 3. The zero-order chi connectivity index (χ0) is 17.1. The van der Waals surface area contributed by atoms with Gasteiger partial charge < -0.3 is 14.2 Å². The van der Waals surface area contributed by atoms with E-state index in [0.717, 1.165) is 16.9 Å². The zero-order valence-electron chi connectivity index (χ0n) is 13.7. The van der Waals surface area contributed by atoms with Crippen molar-refractivity contribution in [3.05, 3.63) is 71.5 Å². The van der Waals surface area contributed by atoms with Crippen LogP contribution in [0.3, 0.4) is 0 Å². The summed E-state index contributed by atoms with van der Waals surface area (Å²) < 4.78 is 16.4. The number of carbonyl (C=O) groups is 1. The van der Waals surface area contributed by atoms with E-state index < -0.39 is 0 Å². The van der Waals surface area contributed by atoms with Crippen LogP contribution in [0.5, 0.6) is 17.2 Å². The van der Waals surface area contributed by atoms with Crippen LogP contribution in [0.1, 0.15) is 22.8 Å². The third-order valence-corrected chi connectivity index (χ3v) is 3.54. The van der Waals surface area contributed by atoms with Crippen molar-refractivity contribution >= 4 is 11.9 Å². The van der Waals surface area contributed by atoms with Gasteiger partial charge in [-0.25, -0.2) is 0 Å². The molecule has 0 saturated carbocycles. The maximum atomic E-state index is 12.4. The van der Waals surface area contributed by atoms with Gasteiger partial charge in [-0.05, 0) is 48.4 Å². The summed E-state index contributed by atoms with van der Waals surface area (Å²) in [6, 6.07) is 12.6. The first kappa shape index (κ1) is 15.9. The fourth-order valence-electron chi connectivity index (χ4n) is 2.32. The highest BCUT2D eigenvalue weighted by Crippen LogP contribution is 2.35. The van der Waals surface area contributed by atoms with Gasteiger partial charge >= 0.3 is 0 Å². The summed E-state index contributed by atoms with van der Waals surface area (Å²) in [6.07, 6.45) is 1.72. The lowest BCUT2D eigenvalue weighted by molar-refractivity contribution is 0.101. The lowest BCUT2D eigenvalue weighted by Crippen LogP contribution is -1.98. The van der Waals surface area contributed by atoms with E-state index in [0.29, 0.717) is 29.4 Å². The van der Waals surface area contributed by atoms with Gasteiger partial charge in [0.15, 0.2) is 5.76 Å². The molecule has 0 aliphatic carbocycles. The standard InChI is InChI=1S/C20H18O4/c1-13(2)12-23-16-8-9-17-18(11-16)24-19(20(17)21)10-14-4-6-15(22-3)7-5-14/h4-11H,1,12H2,2-3H3. The highest BCUT2D eigenvalue weighted by Gasteiger charge is 2.27. The molecular formula is C20H18O4. The predicted octanol–water partition coefficient (Wildman–Crippen LogP) is 4.27. The molecule has 1 heterocycles. The molecule has 0 radical (unpaired) electrons. The molecule has 0 spiro atoms. The highest BCUT2D eigenvalue weighted by atomic mass is 16.5. The lowest BCUT2D eigenvalue weighted by Gasteiger charge is -2.06. The second kappa shape index (κ2) is 6.62. The van der Waals surface area contributed by atoms with Crippen molar-refractivity contribution in [2.75, 3.05) is 13.7 Å². The summed E-state index contributed by atoms with van der Waals surface area (Å²) in [5.74, 6) is 2.09. The van der Waals surface area contributed by atoms with Gasteiger partial charge in [0.05, 0.1) is 12.7 Å². The lowest BCUT2D eigenvalue weighted by atomic mass is 10.1. The second-order valence-electron chi connectivity index (χ2n) is 5.62. The maximum absolute atomic E-state index is 12.4. The highest BCUT2D eigenvalue weighted by molar-refractivity contribution is 6.14. The molecule has 0 saturated heterocycles. The average Bonchev–Trinajstić information content (AvgIpc) is 2.89. The number of benzene rings is 2. The van der Waals surface area contributed by atoms with Crippen molar-refractivity contribution in [3.63, 3.8) is 0 Å². The number of carbonyl (C=O) groups excluding carboxylic acids is 1. The molecule has 0 amide bonds. The van der Waals surface area contributed by atoms with Crippen LogP contribution in [-0.2, 0) is 0 Å². The minimum absolute atomic E-state index is 0.132. The third-order valence-electron chi connectivity index (χ3n) is 3.54. The Bertz CT molecular complexity index is 816. The molecule has 0 fully saturated rings. The monoisotopic (exact) mass is 322 g/mol. The van der Waals surface area contributed by atoms with Crippen molar-refractivity contribution in [1.82, 2.24) is 0 Å². The average molecular weight is 322 g/mol. The van der Waals surface area contributed by atoms with Gasteiger partial charge in [0.1, 0.15) is 23.9 Å². The molecule has 2 aromatic carbocycles. The summed E-state index contributed by atoms with van der Waals surface area (Å²) in [4.78, 5) is 12.4. The summed E-state index contributed by atoms with van der Waals surface area (Å²) >= 11 is 0. The van der Waals surface area contributed by atoms with E-state index in [9.17, 15) is 4.79 Å². The molecule has 1 aliphatic heterocycles. The molecule has 24 heavy (non-hydrogen) atoms. The number of hydrogen-bond acceptors (Lipinski definition) is 4. The van der Waals surface area contributed by atoms with Gasteiger partial charge in [0.2, 0.25) is 5.78 Å². The van der Waals surface area contributed by atoms with Gasteiger partial charge in [0, 0.05) is 6.07 Å². The SMILES string of the molecule is C=C(C)COc1ccc2c(c1)OC(=Cc1ccc(OC)cc1)C2=O. The molecule has 122 valence electrons. The van der Waals surface area contributed by atoms with E-state index in [1.54, 1.807) is 31.4 Å². The minimum atomic E-state index is -0.132. The first-order valence-corrected chi connectivity index (χ1v) is 7.56. The summed E-state index contributed by atoms with van der Waals surface area (Å²) in [6.45, 7) is 6.12. The Morgan fingerprint density at radius 1 is 1.17 bits per heavy atom. The number of rotatable bonds is 5. The molecule has 0 bridgehead atoms. The first-order valence-electron chi connectivity index (χ1n) is 7.56. The van der Waals surface area contributed by atoms with Gasteiger partial charge in [0.25, 0.3) is 0 Å². The van der Waals surface area contributed by atoms with Crippen molar-refractivity contribution in [2.24, 2.45) is 0 Å². The Hall–Kier alpha value is -3.01. The Kier molecular flexibility index (Phi) is 4.38. The molecule has 4 nitrogen and oxygen atoms in total. The number of allylic oxidation sites excluding steroid dienone is 1. The van der Waals surface area contributed by atoms with Crippen molar-refractivity contribution in [3.8, 4) is 17.2 Å². The molecular weight excluding hydrogens is 304 g/mol. The molecule has 0 N–H and O–H groups in total. The van der Waals surface area contributed by atoms with E-state index >= 15 is 0 Å². The fourth-order valence-corrected chi connectivity index (χ4v) is 2.32. The summed E-state index contributed by atoms with van der Waals surface area (Å²) in [5, 5.41) is 0. The van der Waals surface area contributed by atoms with E-state index in [1.165, 1.54) is 0 Å². The van der Waals surface area contributed by atoms with E-state index in [1.807, 2.05) is 31.2 Å². The number of ketones is 1. The van der Waals surface area contributed by atoms with Crippen molar-refractivity contribution < 1.29 is 19.0 Å². The van der Waals surface area contributed by atoms with Gasteiger partial charge in [-0.3, -0.25) is 4.79 Å². The van der Waals surface area contributed by atoms with Crippen LogP contribution in [0.25, 0.3) is 6.08 Å². The molecule has 3 rings (SSSR count). The largest absolute Gasteiger partial charge is 0.497 e. The first-order chi connectivity index (χ1) is 11.6. The maximum Gasteiger partial charge on any atom is 0.231 e. The quantitative estimate of drug-likeness (QED) is 0.609. The number of fused-ring (bicyclic) bond motifs is 1. The molecule has 2 aromatic rings. The van der Waals surface area contributed by atoms with Crippen molar-refractivity contribution in [2.45, 2.75) is 6.92 Å². The second-order valence-corrected chi connectivity index (χ2v) is 5.62. The van der Waals surface area contributed by atoms with E-state index in [-0.39, 0.29) is 5.78 Å². The smallest absolute Gasteiger partial charge is 0.231 e. The van der Waals surface area contributed by atoms with Crippen LogP contribution in [0.4, 0.5) is 0 Å². The number of Topliss-reactive ketones (excluding diaryl/α,β-unsaturated/α-hetero) is 1. The molecule has 1 aliphatic rings. The van der Waals surface area contributed by atoms with Gasteiger partial charge in [-0.2, -0.15) is 0 Å².